The van der Waals surface area contributed by atoms with E-state index in [2.05, 4.69) is 15.3 Å². The van der Waals surface area contributed by atoms with Gasteiger partial charge in [-0.15, -0.1) is 11.3 Å². The van der Waals surface area contributed by atoms with Crippen LogP contribution in [0.15, 0.2) is 23.0 Å². The van der Waals surface area contributed by atoms with Crippen LogP contribution in [0.25, 0.3) is 10.2 Å². The summed E-state index contributed by atoms with van der Waals surface area (Å²) in [6, 6.07) is 3.50. The van der Waals surface area contributed by atoms with Crippen molar-refractivity contribution in [2.45, 2.75) is 0 Å². The van der Waals surface area contributed by atoms with Crippen LogP contribution in [0.4, 0.5) is 10.8 Å². The van der Waals surface area contributed by atoms with E-state index in [1.807, 2.05) is 0 Å². The van der Waals surface area contributed by atoms with Crippen LogP contribution in [0.1, 0.15) is 10.5 Å². The molecule has 0 saturated heterocycles. The lowest BCUT2D eigenvalue weighted by Gasteiger charge is -2.01. The lowest BCUT2D eigenvalue weighted by Crippen LogP contribution is -2.11. The predicted octanol–water partition coefficient (Wildman–Crippen LogP) is 2.60. The number of nitrogens with zero attached hydrogens (tertiary/aromatic N) is 2. The number of carbonyl (C=O) groups excluding carboxylic acids is 1. The first-order valence-electron chi connectivity index (χ1n) is 5.61. The van der Waals surface area contributed by atoms with E-state index >= 15 is 0 Å². The molecule has 2 aromatic heterocycles. The number of benzene rings is 1. The standard InChI is InChI=1S/C12H10N4O2S2/c1-18-8-2-6(13)3-9-10(8)15-12(20-9)16-11(17)7-4-19-5-14-7/h2-5H,13H2,1H3,(H,15,16,17). The molecule has 0 fully saturated rings. The number of anilines is 2. The zero-order chi connectivity index (χ0) is 14.1. The highest BCUT2D eigenvalue weighted by atomic mass is 32.1. The molecular weight excluding hydrogens is 296 g/mol. The Balaban J connectivity index is 1.95. The van der Waals surface area contributed by atoms with Crippen LogP contribution < -0.4 is 15.8 Å². The lowest BCUT2D eigenvalue weighted by molar-refractivity contribution is 0.102. The monoisotopic (exact) mass is 306 g/mol. The SMILES string of the molecule is COc1cc(N)cc2sc(NC(=O)c3cscn3)nc12. The van der Waals surface area contributed by atoms with Gasteiger partial charge in [-0.25, -0.2) is 9.97 Å². The smallest absolute Gasteiger partial charge is 0.276 e. The van der Waals surface area contributed by atoms with Crippen LogP contribution in [-0.2, 0) is 0 Å². The van der Waals surface area contributed by atoms with Gasteiger partial charge in [0.15, 0.2) is 5.13 Å². The van der Waals surface area contributed by atoms with Crippen molar-refractivity contribution in [1.29, 1.82) is 0 Å². The number of rotatable bonds is 3. The molecule has 6 nitrogen and oxygen atoms in total. The molecular formula is C12H10N4O2S2. The van der Waals surface area contributed by atoms with Gasteiger partial charge >= 0.3 is 0 Å². The molecule has 0 aliphatic rings. The van der Waals surface area contributed by atoms with Crippen molar-refractivity contribution in [2.24, 2.45) is 0 Å². The summed E-state index contributed by atoms with van der Waals surface area (Å²) in [6.07, 6.45) is 0. The minimum absolute atomic E-state index is 0.280. The molecule has 102 valence electrons. The van der Waals surface area contributed by atoms with Gasteiger partial charge in [0.05, 0.1) is 17.3 Å². The van der Waals surface area contributed by atoms with Gasteiger partial charge in [0, 0.05) is 17.1 Å². The number of hydrogen-bond donors (Lipinski definition) is 2. The summed E-state index contributed by atoms with van der Waals surface area (Å²) in [4.78, 5) is 20.2. The number of thiazole rings is 2. The van der Waals surface area contributed by atoms with Crippen molar-refractivity contribution in [3.63, 3.8) is 0 Å². The Morgan fingerprint density at radius 3 is 3.00 bits per heavy atom. The summed E-state index contributed by atoms with van der Waals surface area (Å²) in [5.74, 6) is 0.308. The lowest BCUT2D eigenvalue weighted by atomic mass is 10.3. The normalized spacial score (nSPS) is 10.7. The minimum atomic E-state index is -0.280. The number of hydrogen-bond acceptors (Lipinski definition) is 7. The Kier molecular flexibility index (Phi) is 3.25. The fourth-order valence-corrected chi connectivity index (χ4v) is 3.17. The first-order valence-corrected chi connectivity index (χ1v) is 7.37. The molecule has 0 atom stereocenters. The zero-order valence-corrected chi connectivity index (χ0v) is 12.0. The molecule has 3 rings (SSSR count). The van der Waals surface area contributed by atoms with Gasteiger partial charge in [0.25, 0.3) is 5.91 Å². The van der Waals surface area contributed by atoms with E-state index in [-0.39, 0.29) is 5.91 Å². The summed E-state index contributed by atoms with van der Waals surface area (Å²) >= 11 is 2.71. The topological polar surface area (TPSA) is 90.1 Å². The number of ether oxygens (including phenoxy) is 1. The number of carbonyl (C=O) groups is 1. The van der Waals surface area contributed by atoms with Crippen LogP contribution in [-0.4, -0.2) is 23.0 Å². The molecule has 20 heavy (non-hydrogen) atoms. The molecule has 1 aromatic carbocycles. The van der Waals surface area contributed by atoms with E-state index in [4.69, 9.17) is 10.5 Å². The molecule has 0 aliphatic carbocycles. The van der Waals surface area contributed by atoms with Crippen LogP contribution in [0, 0.1) is 0 Å². The summed E-state index contributed by atoms with van der Waals surface area (Å²) < 4.78 is 6.10. The van der Waals surface area contributed by atoms with E-state index in [0.29, 0.717) is 27.8 Å². The van der Waals surface area contributed by atoms with Gasteiger partial charge < -0.3 is 10.5 Å². The molecule has 3 aromatic rings. The maximum absolute atomic E-state index is 11.9. The highest BCUT2D eigenvalue weighted by molar-refractivity contribution is 7.22. The molecule has 0 bridgehead atoms. The van der Waals surface area contributed by atoms with E-state index in [1.165, 1.54) is 22.7 Å². The second-order valence-electron chi connectivity index (χ2n) is 3.92. The summed E-state index contributed by atoms with van der Waals surface area (Å²) in [7, 11) is 1.56. The van der Waals surface area contributed by atoms with Crippen molar-refractivity contribution >= 4 is 49.6 Å². The van der Waals surface area contributed by atoms with Gasteiger partial charge in [-0.1, -0.05) is 11.3 Å². The van der Waals surface area contributed by atoms with E-state index in [1.54, 1.807) is 30.1 Å². The number of nitrogens with one attached hydrogen (secondary N) is 1. The van der Waals surface area contributed by atoms with Crippen molar-refractivity contribution in [3.05, 3.63) is 28.7 Å². The molecule has 0 radical (unpaired) electrons. The third kappa shape index (κ3) is 2.30. The maximum atomic E-state index is 11.9. The van der Waals surface area contributed by atoms with Crippen molar-refractivity contribution in [2.75, 3.05) is 18.2 Å². The summed E-state index contributed by atoms with van der Waals surface area (Å²) in [5.41, 5.74) is 9.05. The van der Waals surface area contributed by atoms with Crippen LogP contribution in [0.2, 0.25) is 0 Å². The average Bonchev–Trinajstić information content (AvgIpc) is 3.05. The van der Waals surface area contributed by atoms with Gasteiger partial charge in [-0.3, -0.25) is 10.1 Å². The van der Waals surface area contributed by atoms with Gasteiger partial charge in [0.1, 0.15) is 17.0 Å². The first kappa shape index (κ1) is 12.8. The summed E-state index contributed by atoms with van der Waals surface area (Å²) in [5, 5.41) is 4.89. The number of nitrogen functional groups attached to an aromatic ring is 1. The number of fused-ring (bicyclic) bond motifs is 1. The number of methoxy groups -OCH3 is 1. The molecule has 1 amide bonds. The fraction of sp³-hybridized carbons (Fsp3) is 0.0833. The average molecular weight is 306 g/mol. The Labute approximate surface area is 122 Å². The Bertz CT molecular complexity index is 767. The Hall–Kier alpha value is -2.19. The van der Waals surface area contributed by atoms with Crippen LogP contribution >= 0.6 is 22.7 Å². The highest BCUT2D eigenvalue weighted by Crippen LogP contribution is 2.34. The quantitative estimate of drug-likeness (QED) is 0.726. The van der Waals surface area contributed by atoms with Gasteiger partial charge in [-0.2, -0.15) is 0 Å². The zero-order valence-electron chi connectivity index (χ0n) is 10.4. The second-order valence-corrected chi connectivity index (χ2v) is 5.67. The Morgan fingerprint density at radius 1 is 1.45 bits per heavy atom. The van der Waals surface area contributed by atoms with Gasteiger partial charge in [-0.05, 0) is 6.07 Å². The molecule has 2 heterocycles. The summed E-state index contributed by atoms with van der Waals surface area (Å²) in [6.45, 7) is 0. The number of amides is 1. The molecule has 0 aliphatic heterocycles. The molecule has 3 N–H and O–H groups in total. The second kappa shape index (κ2) is 5.06. The van der Waals surface area contributed by atoms with E-state index in [0.717, 1.165) is 4.70 Å². The number of aromatic nitrogens is 2. The van der Waals surface area contributed by atoms with E-state index < -0.39 is 0 Å². The molecule has 0 saturated carbocycles. The number of nitrogens with two attached hydrogens (primary N) is 1. The fourth-order valence-electron chi connectivity index (χ4n) is 1.71. The Morgan fingerprint density at radius 2 is 2.30 bits per heavy atom. The highest BCUT2D eigenvalue weighted by Gasteiger charge is 2.14. The third-order valence-corrected chi connectivity index (χ3v) is 4.09. The largest absolute Gasteiger partial charge is 0.494 e. The minimum Gasteiger partial charge on any atom is -0.494 e. The van der Waals surface area contributed by atoms with Crippen LogP contribution in [0.5, 0.6) is 5.75 Å². The maximum Gasteiger partial charge on any atom is 0.276 e. The van der Waals surface area contributed by atoms with Crippen molar-refractivity contribution < 1.29 is 9.53 Å². The predicted molar refractivity (Wildman–Crippen MR) is 80.7 cm³/mol. The van der Waals surface area contributed by atoms with Gasteiger partial charge in [0.2, 0.25) is 0 Å². The van der Waals surface area contributed by atoms with Crippen molar-refractivity contribution in [3.8, 4) is 5.75 Å². The molecule has 8 heteroatoms. The third-order valence-electron chi connectivity index (χ3n) is 2.59. The van der Waals surface area contributed by atoms with Crippen molar-refractivity contribution in [1.82, 2.24) is 9.97 Å². The molecule has 0 spiro atoms. The first-order chi connectivity index (χ1) is 9.67. The van der Waals surface area contributed by atoms with Crippen LogP contribution in [0.3, 0.4) is 0 Å². The van der Waals surface area contributed by atoms with E-state index in [9.17, 15) is 4.79 Å². The molecule has 0 unspecified atom stereocenters.